The average molecular weight is 313 g/mol. The van der Waals surface area contributed by atoms with Gasteiger partial charge in [-0.3, -0.25) is 10.1 Å². The van der Waals surface area contributed by atoms with Gasteiger partial charge < -0.3 is 9.47 Å². The van der Waals surface area contributed by atoms with Gasteiger partial charge in [-0.25, -0.2) is 0 Å². The molecule has 23 heavy (non-hydrogen) atoms. The Bertz CT molecular complexity index is 738. The van der Waals surface area contributed by atoms with Crippen LogP contribution in [0.1, 0.15) is 24.5 Å². The molecule has 0 atom stereocenters. The first-order valence-corrected chi connectivity index (χ1v) is 7.27. The third kappa shape index (κ3) is 3.51. The topological polar surface area (TPSA) is 61.6 Å². The number of para-hydroxylation sites is 2. The second-order valence-electron chi connectivity index (χ2n) is 4.88. The van der Waals surface area contributed by atoms with Crippen LogP contribution in [-0.2, 0) is 0 Å². The highest BCUT2D eigenvalue weighted by molar-refractivity contribution is 5.86. The second-order valence-corrected chi connectivity index (χ2v) is 4.88. The molecule has 0 radical (unpaired) electrons. The van der Waals surface area contributed by atoms with E-state index in [1.165, 1.54) is 6.07 Å². The molecule has 0 unspecified atom stereocenters. The number of benzene rings is 2. The quantitative estimate of drug-likeness (QED) is 0.445. The lowest BCUT2D eigenvalue weighted by molar-refractivity contribution is -0.385. The maximum Gasteiger partial charge on any atom is 0.276 e. The number of methoxy groups -OCH3 is 2. The van der Waals surface area contributed by atoms with Gasteiger partial charge in [0.05, 0.1) is 24.7 Å². The van der Waals surface area contributed by atoms with Crippen LogP contribution in [-0.4, -0.2) is 19.1 Å². The van der Waals surface area contributed by atoms with Crippen molar-refractivity contribution in [3.8, 4) is 11.5 Å². The van der Waals surface area contributed by atoms with Crippen molar-refractivity contribution in [2.75, 3.05) is 14.2 Å². The molecule has 2 aromatic carbocycles. The minimum Gasteiger partial charge on any atom is -0.493 e. The maximum absolute atomic E-state index is 11.3. The molecule has 5 nitrogen and oxygen atoms in total. The Morgan fingerprint density at radius 1 is 1.13 bits per heavy atom. The number of nitro benzene ring substituents is 1. The molecule has 0 aliphatic carbocycles. The number of hydrogen-bond acceptors (Lipinski definition) is 4. The summed E-state index contributed by atoms with van der Waals surface area (Å²) in [4.78, 5) is 10.9. The Hall–Kier alpha value is -2.82. The summed E-state index contributed by atoms with van der Waals surface area (Å²) in [5.41, 5.74) is 2.40. The Balaban J connectivity index is 2.59. The molecule has 0 amide bonds. The molecule has 2 rings (SSSR count). The van der Waals surface area contributed by atoms with Crippen molar-refractivity contribution in [2.24, 2.45) is 0 Å². The summed E-state index contributed by atoms with van der Waals surface area (Å²) in [7, 11) is 3.15. The van der Waals surface area contributed by atoms with Gasteiger partial charge in [-0.1, -0.05) is 31.2 Å². The van der Waals surface area contributed by atoms with Crippen LogP contribution in [0.5, 0.6) is 11.5 Å². The summed E-state index contributed by atoms with van der Waals surface area (Å²) in [6, 6.07) is 12.3. The molecule has 0 aliphatic rings. The van der Waals surface area contributed by atoms with Gasteiger partial charge >= 0.3 is 0 Å². The molecule has 0 bridgehead atoms. The van der Waals surface area contributed by atoms with Crippen molar-refractivity contribution in [2.45, 2.75) is 13.3 Å². The molecular weight excluding hydrogens is 294 g/mol. The number of nitro groups is 1. The predicted octanol–water partition coefficient (Wildman–Crippen LogP) is 4.56. The first kappa shape index (κ1) is 16.5. The Kier molecular flexibility index (Phi) is 5.36. The van der Waals surface area contributed by atoms with E-state index in [-0.39, 0.29) is 10.6 Å². The fraction of sp³-hybridized carbons (Fsp3) is 0.222. The summed E-state index contributed by atoms with van der Waals surface area (Å²) in [6.45, 7) is 1.97. The molecule has 0 aliphatic heterocycles. The molecule has 0 aromatic heterocycles. The summed E-state index contributed by atoms with van der Waals surface area (Å²) in [6.07, 6.45) is 2.56. The number of nitrogens with zero attached hydrogens (tertiary/aromatic N) is 1. The van der Waals surface area contributed by atoms with Crippen LogP contribution in [0.15, 0.2) is 42.5 Å². The first-order chi connectivity index (χ1) is 11.1. The van der Waals surface area contributed by atoms with Crippen LogP contribution in [0.3, 0.4) is 0 Å². The van der Waals surface area contributed by atoms with E-state index in [1.54, 1.807) is 32.4 Å². The van der Waals surface area contributed by atoms with Crippen LogP contribution < -0.4 is 9.47 Å². The Morgan fingerprint density at radius 2 is 1.87 bits per heavy atom. The number of hydrogen-bond donors (Lipinski definition) is 0. The van der Waals surface area contributed by atoms with Crippen LogP contribution in [0, 0.1) is 10.1 Å². The average Bonchev–Trinajstić information content (AvgIpc) is 2.59. The molecule has 0 saturated heterocycles. The third-order valence-corrected chi connectivity index (χ3v) is 3.59. The lowest BCUT2D eigenvalue weighted by Crippen LogP contribution is -1.96. The largest absolute Gasteiger partial charge is 0.493 e. The SMILES string of the molecule is CCC(=Cc1cccc(OC)c1OC)c1ccccc1[N+](=O)[O-]. The van der Waals surface area contributed by atoms with Crippen molar-refractivity contribution in [1.82, 2.24) is 0 Å². The summed E-state index contributed by atoms with van der Waals surface area (Å²) >= 11 is 0. The van der Waals surface area contributed by atoms with Crippen molar-refractivity contribution in [3.63, 3.8) is 0 Å². The zero-order valence-electron chi connectivity index (χ0n) is 13.4. The highest BCUT2D eigenvalue weighted by Crippen LogP contribution is 2.35. The van der Waals surface area contributed by atoms with E-state index in [9.17, 15) is 10.1 Å². The molecule has 0 saturated carbocycles. The van der Waals surface area contributed by atoms with Gasteiger partial charge in [-0.2, -0.15) is 0 Å². The molecule has 0 heterocycles. The van der Waals surface area contributed by atoms with Crippen LogP contribution >= 0.6 is 0 Å². The van der Waals surface area contributed by atoms with E-state index < -0.39 is 0 Å². The third-order valence-electron chi connectivity index (χ3n) is 3.59. The standard InChI is InChI=1S/C18H19NO4/c1-4-13(15-9-5-6-10-16(15)19(20)21)12-14-8-7-11-17(22-2)18(14)23-3/h5-12H,4H2,1-3H3. The summed E-state index contributed by atoms with van der Waals surface area (Å²) in [5, 5.41) is 11.3. The van der Waals surface area contributed by atoms with Crippen molar-refractivity contribution in [1.29, 1.82) is 0 Å². The van der Waals surface area contributed by atoms with Gasteiger partial charge in [-0.15, -0.1) is 0 Å². The van der Waals surface area contributed by atoms with Gasteiger partial charge in [-0.05, 0) is 30.2 Å². The smallest absolute Gasteiger partial charge is 0.276 e. The fourth-order valence-electron chi connectivity index (χ4n) is 2.49. The predicted molar refractivity (Wildman–Crippen MR) is 90.8 cm³/mol. The highest BCUT2D eigenvalue weighted by Gasteiger charge is 2.16. The van der Waals surface area contributed by atoms with E-state index >= 15 is 0 Å². The zero-order chi connectivity index (χ0) is 16.8. The normalized spacial score (nSPS) is 11.2. The van der Waals surface area contributed by atoms with Crippen LogP contribution in [0.25, 0.3) is 11.6 Å². The van der Waals surface area contributed by atoms with E-state index in [2.05, 4.69) is 0 Å². The lowest BCUT2D eigenvalue weighted by Gasteiger charge is -2.12. The summed E-state index contributed by atoms with van der Waals surface area (Å²) < 4.78 is 10.7. The second kappa shape index (κ2) is 7.45. The minimum atomic E-state index is -0.359. The van der Waals surface area contributed by atoms with Crippen molar-refractivity contribution in [3.05, 3.63) is 63.7 Å². The fourth-order valence-corrected chi connectivity index (χ4v) is 2.49. The number of allylic oxidation sites excluding steroid dienone is 1. The highest BCUT2D eigenvalue weighted by atomic mass is 16.6. The van der Waals surface area contributed by atoms with Crippen LogP contribution in [0.2, 0.25) is 0 Å². The first-order valence-electron chi connectivity index (χ1n) is 7.27. The molecule has 120 valence electrons. The zero-order valence-corrected chi connectivity index (χ0v) is 13.4. The Labute approximate surface area is 135 Å². The van der Waals surface area contributed by atoms with Gasteiger partial charge in [0.15, 0.2) is 11.5 Å². The maximum atomic E-state index is 11.3. The van der Waals surface area contributed by atoms with Crippen molar-refractivity contribution >= 4 is 17.3 Å². The molecule has 5 heteroatoms. The number of rotatable bonds is 6. The molecule has 0 fully saturated rings. The molecule has 2 aromatic rings. The van der Waals surface area contributed by atoms with E-state index in [4.69, 9.17) is 9.47 Å². The van der Waals surface area contributed by atoms with E-state index in [0.29, 0.717) is 23.5 Å². The van der Waals surface area contributed by atoms with Gasteiger partial charge in [0.1, 0.15) is 0 Å². The monoisotopic (exact) mass is 313 g/mol. The minimum absolute atomic E-state index is 0.0995. The van der Waals surface area contributed by atoms with Crippen LogP contribution in [0.4, 0.5) is 5.69 Å². The summed E-state index contributed by atoms with van der Waals surface area (Å²) in [5.74, 6) is 1.23. The van der Waals surface area contributed by atoms with E-state index in [1.807, 2.05) is 31.2 Å². The molecular formula is C18H19NO4. The Morgan fingerprint density at radius 3 is 2.48 bits per heavy atom. The number of ether oxygens (including phenoxy) is 2. The lowest BCUT2D eigenvalue weighted by atomic mass is 9.98. The molecule has 0 N–H and O–H groups in total. The van der Waals surface area contributed by atoms with Gasteiger partial charge in [0, 0.05) is 11.6 Å². The molecule has 0 spiro atoms. The van der Waals surface area contributed by atoms with Crippen molar-refractivity contribution < 1.29 is 14.4 Å². The van der Waals surface area contributed by atoms with Gasteiger partial charge in [0.25, 0.3) is 5.69 Å². The van der Waals surface area contributed by atoms with Gasteiger partial charge in [0.2, 0.25) is 0 Å². The van der Waals surface area contributed by atoms with E-state index in [0.717, 1.165) is 11.1 Å².